The maximum Gasteiger partial charge on any atom is 0.255 e. The molecule has 3 rings (SSSR count). The molecule has 0 aliphatic heterocycles. The van der Waals surface area contributed by atoms with Crippen molar-refractivity contribution in [2.45, 2.75) is 26.4 Å². The maximum atomic E-state index is 12.5. The summed E-state index contributed by atoms with van der Waals surface area (Å²) in [5.74, 6) is 0.00277. The number of aryl methyl sites for hydroxylation is 1. The van der Waals surface area contributed by atoms with E-state index in [9.17, 15) is 9.59 Å². The minimum Gasteiger partial charge on any atom is -0.380 e. The van der Waals surface area contributed by atoms with Crippen molar-refractivity contribution in [2.24, 2.45) is 5.92 Å². The molecule has 1 aliphatic rings. The van der Waals surface area contributed by atoms with Gasteiger partial charge in [-0.25, -0.2) is 0 Å². The van der Waals surface area contributed by atoms with Gasteiger partial charge in [0.05, 0.1) is 6.61 Å². The van der Waals surface area contributed by atoms with E-state index in [2.05, 4.69) is 10.6 Å². The average Bonchev–Trinajstić information content (AvgIpc) is 3.43. The van der Waals surface area contributed by atoms with Crippen molar-refractivity contribution < 1.29 is 14.3 Å². The van der Waals surface area contributed by atoms with Crippen molar-refractivity contribution in [1.29, 1.82) is 0 Å². The molecule has 2 aromatic carbocycles. The standard InChI is InChI=1S/C20H22N2O3/c1-13-6-9-17(21-19(23)15-7-8-15)11-18(13)22-20(24)16-5-3-4-14(10-16)12-25-2/h3-6,9-11,15H,7-8,12H2,1-2H3,(H,21,23)(H,22,24). The fourth-order valence-electron chi connectivity index (χ4n) is 2.59. The van der Waals surface area contributed by atoms with Crippen molar-refractivity contribution >= 4 is 23.2 Å². The van der Waals surface area contributed by atoms with Gasteiger partial charge >= 0.3 is 0 Å². The first-order valence-electron chi connectivity index (χ1n) is 8.37. The molecule has 2 aromatic rings. The van der Waals surface area contributed by atoms with E-state index in [1.54, 1.807) is 19.2 Å². The van der Waals surface area contributed by atoms with Crippen LogP contribution in [0.5, 0.6) is 0 Å². The van der Waals surface area contributed by atoms with Crippen molar-refractivity contribution in [3.05, 3.63) is 59.2 Å². The monoisotopic (exact) mass is 338 g/mol. The van der Waals surface area contributed by atoms with E-state index in [1.807, 2.05) is 37.3 Å². The minimum absolute atomic E-state index is 0.0494. The Morgan fingerprint density at radius 2 is 1.92 bits per heavy atom. The van der Waals surface area contributed by atoms with Gasteiger partial charge in [0, 0.05) is 30.0 Å². The molecule has 5 heteroatoms. The number of ether oxygens (including phenoxy) is 1. The third-order valence-electron chi connectivity index (χ3n) is 4.20. The van der Waals surface area contributed by atoms with Crippen molar-refractivity contribution in [1.82, 2.24) is 0 Å². The van der Waals surface area contributed by atoms with Crippen LogP contribution in [-0.4, -0.2) is 18.9 Å². The van der Waals surface area contributed by atoms with Crippen LogP contribution in [0.3, 0.4) is 0 Å². The molecular weight excluding hydrogens is 316 g/mol. The zero-order valence-electron chi connectivity index (χ0n) is 14.5. The predicted molar refractivity (Wildman–Crippen MR) is 97.6 cm³/mol. The summed E-state index contributed by atoms with van der Waals surface area (Å²) >= 11 is 0. The van der Waals surface area contributed by atoms with E-state index < -0.39 is 0 Å². The van der Waals surface area contributed by atoms with Crippen LogP contribution in [0.15, 0.2) is 42.5 Å². The van der Waals surface area contributed by atoms with Crippen LogP contribution in [0.4, 0.5) is 11.4 Å². The number of carbonyl (C=O) groups is 2. The Bertz CT molecular complexity index is 797. The second kappa shape index (κ2) is 7.49. The molecule has 2 N–H and O–H groups in total. The molecule has 0 bridgehead atoms. The van der Waals surface area contributed by atoms with Crippen LogP contribution < -0.4 is 10.6 Å². The highest BCUT2D eigenvalue weighted by atomic mass is 16.5. The fourth-order valence-corrected chi connectivity index (χ4v) is 2.59. The molecule has 1 aliphatic carbocycles. The molecule has 25 heavy (non-hydrogen) atoms. The summed E-state index contributed by atoms with van der Waals surface area (Å²) in [6.07, 6.45) is 1.91. The number of amides is 2. The molecule has 130 valence electrons. The van der Waals surface area contributed by atoms with Crippen molar-refractivity contribution in [3.63, 3.8) is 0 Å². The van der Waals surface area contributed by atoms with E-state index in [0.717, 1.165) is 24.0 Å². The Morgan fingerprint density at radius 1 is 1.12 bits per heavy atom. The highest BCUT2D eigenvalue weighted by Crippen LogP contribution is 2.31. The van der Waals surface area contributed by atoms with E-state index in [1.165, 1.54) is 0 Å². The lowest BCUT2D eigenvalue weighted by Gasteiger charge is -2.12. The van der Waals surface area contributed by atoms with Crippen LogP contribution in [-0.2, 0) is 16.1 Å². The molecule has 0 aromatic heterocycles. The number of carbonyl (C=O) groups excluding carboxylic acids is 2. The molecule has 0 radical (unpaired) electrons. The fraction of sp³-hybridized carbons (Fsp3) is 0.300. The molecular formula is C20H22N2O3. The summed E-state index contributed by atoms with van der Waals surface area (Å²) in [5, 5.41) is 5.83. The number of rotatable bonds is 6. The number of hydrogen-bond donors (Lipinski definition) is 2. The van der Waals surface area contributed by atoms with Crippen LogP contribution in [0.2, 0.25) is 0 Å². The second-order valence-corrected chi connectivity index (χ2v) is 6.38. The summed E-state index contributed by atoms with van der Waals surface area (Å²) in [7, 11) is 1.62. The van der Waals surface area contributed by atoms with Gasteiger partial charge in [0.1, 0.15) is 0 Å². The number of anilines is 2. The first-order valence-corrected chi connectivity index (χ1v) is 8.37. The van der Waals surface area contributed by atoms with Gasteiger partial charge in [0.25, 0.3) is 5.91 Å². The zero-order chi connectivity index (χ0) is 17.8. The number of hydrogen-bond acceptors (Lipinski definition) is 3. The molecule has 0 atom stereocenters. The molecule has 2 amide bonds. The Hall–Kier alpha value is -2.66. The Balaban J connectivity index is 1.73. The summed E-state index contributed by atoms with van der Waals surface area (Å²) in [5.41, 5.74) is 3.84. The van der Waals surface area contributed by atoms with Crippen LogP contribution in [0, 0.1) is 12.8 Å². The molecule has 0 saturated heterocycles. The normalized spacial score (nSPS) is 13.4. The minimum atomic E-state index is -0.188. The highest BCUT2D eigenvalue weighted by Gasteiger charge is 2.29. The van der Waals surface area contributed by atoms with E-state index >= 15 is 0 Å². The first kappa shape index (κ1) is 17.2. The Kier molecular flexibility index (Phi) is 5.14. The summed E-state index contributed by atoms with van der Waals surface area (Å²) in [6, 6.07) is 12.9. The van der Waals surface area contributed by atoms with Crippen LogP contribution >= 0.6 is 0 Å². The molecule has 0 heterocycles. The largest absolute Gasteiger partial charge is 0.380 e. The highest BCUT2D eigenvalue weighted by molar-refractivity contribution is 6.05. The topological polar surface area (TPSA) is 67.4 Å². The molecule has 1 fully saturated rings. The van der Waals surface area contributed by atoms with E-state index in [-0.39, 0.29) is 17.7 Å². The summed E-state index contributed by atoms with van der Waals surface area (Å²) < 4.78 is 5.11. The van der Waals surface area contributed by atoms with Gasteiger partial charge in [-0.3, -0.25) is 9.59 Å². The maximum absolute atomic E-state index is 12.5. The van der Waals surface area contributed by atoms with Gasteiger partial charge in [-0.1, -0.05) is 18.2 Å². The van der Waals surface area contributed by atoms with Gasteiger partial charge in [0.2, 0.25) is 5.91 Å². The van der Waals surface area contributed by atoms with Gasteiger partial charge < -0.3 is 15.4 Å². The lowest BCUT2D eigenvalue weighted by molar-refractivity contribution is -0.117. The third kappa shape index (κ3) is 4.45. The summed E-state index contributed by atoms with van der Waals surface area (Å²) in [4.78, 5) is 24.4. The van der Waals surface area contributed by atoms with E-state index in [4.69, 9.17) is 4.74 Å². The van der Waals surface area contributed by atoms with Gasteiger partial charge in [-0.2, -0.15) is 0 Å². The average molecular weight is 338 g/mol. The Morgan fingerprint density at radius 3 is 2.64 bits per heavy atom. The van der Waals surface area contributed by atoms with Gasteiger partial charge in [0.15, 0.2) is 0 Å². The Labute approximate surface area is 147 Å². The van der Waals surface area contributed by atoms with Crippen molar-refractivity contribution in [3.8, 4) is 0 Å². The third-order valence-corrected chi connectivity index (χ3v) is 4.20. The smallest absolute Gasteiger partial charge is 0.255 e. The quantitative estimate of drug-likeness (QED) is 0.843. The SMILES string of the molecule is COCc1cccc(C(=O)Nc2cc(NC(=O)C3CC3)ccc2C)c1. The molecule has 0 spiro atoms. The number of benzene rings is 2. The lowest BCUT2D eigenvalue weighted by atomic mass is 10.1. The first-order chi connectivity index (χ1) is 12.1. The molecule has 0 unspecified atom stereocenters. The summed E-state index contributed by atoms with van der Waals surface area (Å²) in [6.45, 7) is 2.38. The predicted octanol–water partition coefficient (Wildman–Crippen LogP) is 3.74. The molecule has 5 nitrogen and oxygen atoms in total. The zero-order valence-corrected chi connectivity index (χ0v) is 14.5. The van der Waals surface area contributed by atoms with Gasteiger partial charge in [-0.05, 0) is 55.2 Å². The van der Waals surface area contributed by atoms with Crippen LogP contribution in [0.1, 0.15) is 34.3 Å². The molecule has 1 saturated carbocycles. The van der Waals surface area contributed by atoms with E-state index in [0.29, 0.717) is 23.5 Å². The van der Waals surface area contributed by atoms with Crippen molar-refractivity contribution in [2.75, 3.05) is 17.7 Å². The lowest BCUT2D eigenvalue weighted by Crippen LogP contribution is -2.15. The number of methoxy groups -OCH3 is 1. The van der Waals surface area contributed by atoms with Crippen LogP contribution in [0.25, 0.3) is 0 Å². The van der Waals surface area contributed by atoms with Gasteiger partial charge in [-0.15, -0.1) is 0 Å². The second-order valence-electron chi connectivity index (χ2n) is 6.38. The number of nitrogens with one attached hydrogen (secondary N) is 2.